The van der Waals surface area contributed by atoms with Gasteiger partial charge in [-0.1, -0.05) is 31.9 Å². The summed E-state index contributed by atoms with van der Waals surface area (Å²) in [5.41, 5.74) is 3.96. The second kappa shape index (κ2) is 14.9. The number of rotatable bonds is 16. The topological polar surface area (TPSA) is 48.0 Å². The number of aryl methyl sites for hydroxylation is 1. The first-order valence-electron chi connectivity index (χ1n) is 12.6. The van der Waals surface area contributed by atoms with Crippen molar-refractivity contribution < 1.29 is 19.0 Å². The highest BCUT2D eigenvalue weighted by molar-refractivity contribution is 6.17. The van der Waals surface area contributed by atoms with Crippen LogP contribution in [0, 0.1) is 6.92 Å². The lowest BCUT2D eigenvalue weighted by Gasteiger charge is -2.47. The van der Waals surface area contributed by atoms with Gasteiger partial charge in [-0.15, -0.1) is 11.6 Å². The van der Waals surface area contributed by atoms with Crippen molar-refractivity contribution >= 4 is 23.3 Å². The zero-order valence-corrected chi connectivity index (χ0v) is 21.9. The Labute approximate surface area is 206 Å². The normalized spacial score (nSPS) is 17.1. The average Bonchev–Trinajstić information content (AvgIpc) is 2.76. The van der Waals surface area contributed by atoms with Gasteiger partial charge in [-0.2, -0.15) is 0 Å². The molecule has 0 aliphatic carbocycles. The van der Waals surface area contributed by atoms with Crippen LogP contribution in [-0.2, 0) is 19.0 Å². The van der Waals surface area contributed by atoms with E-state index < -0.39 is 0 Å². The van der Waals surface area contributed by atoms with Crippen molar-refractivity contribution in [2.75, 3.05) is 50.4 Å². The van der Waals surface area contributed by atoms with Crippen LogP contribution in [0.4, 0.5) is 5.69 Å². The summed E-state index contributed by atoms with van der Waals surface area (Å²) in [6, 6.07) is 6.69. The van der Waals surface area contributed by atoms with E-state index in [9.17, 15) is 4.79 Å². The van der Waals surface area contributed by atoms with E-state index in [2.05, 4.69) is 50.8 Å². The number of carbonyl (C=O) groups is 1. The smallest absolute Gasteiger partial charge is 0.305 e. The fraction of sp³-hybridized carbons (Fsp3) is 0.741. The molecular weight excluding hydrogens is 438 g/mol. The number of fused-ring (bicyclic) bond motifs is 1. The Bertz CT molecular complexity index is 709. The van der Waals surface area contributed by atoms with Crippen molar-refractivity contribution in [2.45, 2.75) is 84.1 Å². The number of anilines is 1. The quantitative estimate of drug-likeness (QED) is 0.159. The second-order valence-electron chi connectivity index (χ2n) is 9.78. The van der Waals surface area contributed by atoms with Gasteiger partial charge in [0, 0.05) is 36.7 Å². The Kier molecular flexibility index (Phi) is 12.6. The van der Waals surface area contributed by atoms with E-state index >= 15 is 0 Å². The molecule has 1 aromatic carbocycles. The number of esters is 1. The Morgan fingerprint density at radius 2 is 1.73 bits per heavy atom. The maximum atomic E-state index is 12.2. The molecule has 0 saturated carbocycles. The largest absolute Gasteiger partial charge is 0.464 e. The molecule has 0 bridgehead atoms. The maximum absolute atomic E-state index is 12.2. The fourth-order valence-corrected chi connectivity index (χ4v) is 4.83. The number of benzene rings is 1. The zero-order chi connectivity index (χ0) is 24.1. The molecule has 0 N–H and O–H groups in total. The van der Waals surface area contributed by atoms with Crippen LogP contribution < -0.4 is 4.90 Å². The van der Waals surface area contributed by atoms with E-state index in [0.717, 1.165) is 38.2 Å². The molecular formula is C27H44ClNO4. The lowest BCUT2D eigenvalue weighted by Crippen LogP contribution is -2.49. The summed E-state index contributed by atoms with van der Waals surface area (Å²) in [6.07, 6.45) is 6.63. The number of unbranched alkanes of at least 4 members (excludes halogenated alkanes) is 3. The minimum absolute atomic E-state index is 0.0344. The molecule has 1 aromatic rings. The predicted octanol–water partition coefficient (Wildman–Crippen LogP) is 6.24. The molecule has 1 atom stereocenters. The first-order chi connectivity index (χ1) is 15.8. The standard InChI is InChI=1S/C27H44ClNO4/c1-22-11-12-24-23(2)21-27(3,4)29(25(24)20-22)14-17-33-26(30)10-9-16-32-19-18-31-15-8-6-5-7-13-28/h11-12,20,23H,5-10,13-19,21H2,1-4H3. The maximum Gasteiger partial charge on any atom is 0.305 e. The highest BCUT2D eigenvalue weighted by atomic mass is 35.5. The summed E-state index contributed by atoms with van der Waals surface area (Å²) < 4.78 is 16.7. The van der Waals surface area contributed by atoms with Gasteiger partial charge in [-0.05, 0) is 69.6 Å². The van der Waals surface area contributed by atoms with E-state index in [0.29, 0.717) is 51.7 Å². The predicted molar refractivity (Wildman–Crippen MR) is 137 cm³/mol. The number of ether oxygens (including phenoxy) is 3. The molecule has 6 heteroatoms. The molecule has 2 rings (SSSR count). The van der Waals surface area contributed by atoms with Crippen LogP contribution >= 0.6 is 11.6 Å². The highest BCUT2D eigenvalue weighted by Crippen LogP contribution is 2.43. The number of nitrogens with zero attached hydrogens (tertiary/aromatic N) is 1. The van der Waals surface area contributed by atoms with Crippen LogP contribution in [0.2, 0.25) is 0 Å². The zero-order valence-electron chi connectivity index (χ0n) is 21.2. The Hall–Kier alpha value is -1.30. The minimum Gasteiger partial charge on any atom is -0.464 e. The average molecular weight is 482 g/mol. The van der Waals surface area contributed by atoms with Crippen molar-refractivity contribution in [1.82, 2.24) is 0 Å². The van der Waals surface area contributed by atoms with Crippen LogP contribution in [0.5, 0.6) is 0 Å². The van der Waals surface area contributed by atoms with Crippen molar-refractivity contribution in [3.63, 3.8) is 0 Å². The molecule has 188 valence electrons. The molecule has 0 spiro atoms. The lowest BCUT2D eigenvalue weighted by molar-refractivity contribution is -0.143. The van der Waals surface area contributed by atoms with Gasteiger partial charge in [0.1, 0.15) is 6.61 Å². The van der Waals surface area contributed by atoms with Crippen molar-refractivity contribution in [3.05, 3.63) is 29.3 Å². The Morgan fingerprint density at radius 1 is 1.03 bits per heavy atom. The summed E-state index contributed by atoms with van der Waals surface area (Å²) in [6.45, 7) is 12.6. The molecule has 1 unspecified atom stereocenters. The van der Waals surface area contributed by atoms with Crippen LogP contribution in [0.3, 0.4) is 0 Å². The summed E-state index contributed by atoms with van der Waals surface area (Å²) in [5.74, 6) is 1.12. The summed E-state index contributed by atoms with van der Waals surface area (Å²) in [4.78, 5) is 14.6. The van der Waals surface area contributed by atoms with Gasteiger partial charge in [0.15, 0.2) is 0 Å². The van der Waals surface area contributed by atoms with Crippen LogP contribution in [0.15, 0.2) is 18.2 Å². The molecule has 0 radical (unpaired) electrons. The van der Waals surface area contributed by atoms with E-state index in [1.54, 1.807) is 0 Å². The molecule has 1 aliphatic rings. The Balaban J connectivity index is 1.57. The number of carbonyl (C=O) groups excluding carboxylic acids is 1. The number of hydrogen-bond donors (Lipinski definition) is 0. The van der Waals surface area contributed by atoms with Crippen LogP contribution in [0.25, 0.3) is 0 Å². The summed E-state index contributed by atoms with van der Waals surface area (Å²) >= 11 is 5.66. The van der Waals surface area contributed by atoms with Gasteiger partial charge in [-0.25, -0.2) is 0 Å². The summed E-state index contributed by atoms with van der Waals surface area (Å²) in [5, 5.41) is 0. The molecule has 0 aromatic heterocycles. The summed E-state index contributed by atoms with van der Waals surface area (Å²) in [7, 11) is 0. The molecule has 0 saturated heterocycles. The highest BCUT2D eigenvalue weighted by Gasteiger charge is 2.36. The van der Waals surface area contributed by atoms with Gasteiger partial charge in [-0.3, -0.25) is 4.79 Å². The van der Waals surface area contributed by atoms with Crippen LogP contribution in [0.1, 0.15) is 82.8 Å². The lowest BCUT2D eigenvalue weighted by atomic mass is 9.80. The van der Waals surface area contributed by atoms with E-state index in [4.69, 9.17) is 25.8 Å². The SMILES string of the molecule is Cc1ccc2c(c1)N(CCOC(=O)CCCOCCOCCCCCCCl)C(C)(C)CC2C. The van der Waals surface area contributed by atoms with Gasteiger partial charge in [0.05, 0.1) is 19.8 Å². The molecule has 1 heterocycles. The third-order valence-corrected chi connectivity index (χ3v) is 6.60. The molecule has 1 aliphatic heterocycles. The first kappa shape index (κ1) is 27.9. The molecule has 0 amide bonds. The van der Waals surface area contributed by atoms with Crippen LogP contribution in [-0.4, -0.2) is 57.0 Å². The number of hydrogen-bond acceptors (Lipinski definition) is 5. The van der Waals surface area contributed by atoms with Crippen molar-refractivity contribution in [1.29, 1.82) is 0 Å². The van der Waals surface area contributed by atoms with E-state index in [1.165, 1.54) is 23.2 Å². The van der Waals surface area contributed by atoms with Gasteiger partial charge in [0.2, 0.25) is 0 Å². The molecule has 0 fully saturated rings. The second-order valence-corrected chi connectivity index (χ2v) is 10.2. The third-order valence-electron chi connectivity index (χ3n) is 6.34. The van der Waals surface area contributed by atoms with Gasteiger partial charge in [0.25, 0.3) is 0 Å². The van der Waals surface area contributed by atoms with Gasteiger partial charge >= 0.3 is 5.97 Å². The molecule has 33 heavy (non-hydrogen) atoms. The van der Waals surface area contributed by atoms with Gasteiger partial charge < -0.3 is 19.1 Å². The minimum atomic E-state index is -0.153. The fourth-order valence-electron chi connectivity index (χ4n) is 4.64. The van der Waals surface area contributed by atoms with Crippen molar-refractivity contribution in [2.24, 2.45) is 0 Å². The van der Waals surface area contributed by atoms with E-state index in [1.807, 2.05) is 0 Å². The number of halogens is 1. The van der Waals surface area contributed by atoms with Crippen molar-refractivity contribution in [3.8, 4) is 0 Å². The molecule has 5 nitrogen and oxygen atoms in total. The first-order valence-corrected chi connectivity index (χ1v) is 13.1. The van der Waals surface area contributed by atoms with E-state index in [-0.39, 0.29) is 11.5 Å². The number of alkyl halides is 1. The Morgan fingerprint density at radius 3 is 2.45 bits per heavy atom. The monoisotopic (exact) mass is 481 g/mol. The third kappa shape index (κ3) is 9.84.